The predicted molar refractivity (Wildman–Crippen MR) is 123 cm³/mol. The fourth-order valence-corrected chi connectivity index (χ4v) is 4.86. The summed E-state index contributed by atoms with van der Waals surface area (Å²) < 4.78 is 16.5. The lowest BCUT2D eigenvalue weighted by Crippen LogP contribution is -2.14. The van der Waals surface area contributed by atoms with E-state index < -0.39 is 17.8 Å². The molecule has 3 N–H and O–H groups in total. The van der Waals surface area contributed by atoms with E-state index in [0.29, 0.717) is 11.3 Å². The highest BCUT2D eigenvalue weighted by Gasteiger charge is 2.26. The summed E-state index contributed by atoms with van der Waals surface area (Å²) in [6, 6.07) is 9.25. The summed E-state index contributed by atoms with van der Waals surface area (Å²) in [5.74, 6) is -0.619. The molecule has 0 saturated carbocycles. The van der Waals surface area contributed by atoms with Crippen molar-refractivity contribution in [1.82, 2.24) is 0 Å². The maximum atomic E-state index is 12.7. The number of hydrogen-bond donors (Lipinski definition) is 2. The lowest BCUT2D eigenvalue weighted by atomic mass is 10.1. The molecule has 33 heavy (non-hydrogen) atoms. The Morgan fingerprint density at radius 3 is 2.70 bits per heavy atom. The second-order valence-corrected chi connectivity index (χ2v) is 8.66. The normalized spacial score (nSPS) is 12.3. The highest BCUT2D eigenvalue weighted by atomic mass is 32.1. The summed E-state index contributed by atoms with van der Waals surface area (Å²) in [4.78, 5) is 37.0. The molecule has 0 unspecified atom stereocenters. The number of amides is 2. The number of fused-ring (bicyclic) bond motifs is 1. The second kappa shape index (κ2) is 9.50. The second-order valence-electron chi connectivity index (χ2n) is 7.64. The van der Waals surface area contributed by atoms with E-state index in [1.165, 1.54) is 17.2 Å². The molecule has 0 spiro atoms. The monoisotopic (exact) mass is 468 g/mol. The number of furan rings is 1. The van der Waals surface area contributed by atoms with E-state index in [-0.39, 0.29) is 34.4 Å². The van der Waals surface area contributed by atoms with Crippen LogP contribution in [0.15, 0.2) is 34.7 Å². The lowest BCUT2D eigenvalue weighted by Gasteiger charge is -2.07. The molecule has 2 amide bonds. The van der Waals surface area contributed by atoms with E-state index in [1.807, 2.05) is 12.1 Å². The number of thiophene rings is 1. The van der Waals surface area contributed by atoms with Crippen molar-refractivity contribution in [3.05, 3.63) is 69.0 Å². The Hall–Kier alpha value is -3.59. The zero-order chi connectivity index (χ0) is 23.5. The first-order chi connectivity index (χ1) is 15.9. The number of rotatable bonds is 8. The fraction of sp³-hybridized carbons (Fsp3) is 0.292. The summed E-state index contributed by atoms with van der Waals surface area (Å²) in [6.07, 6.45) is 3.33. The number of primary amides is 1. The van der Waals surface area contributed by atoms with Crippen molar-refractivity contribution in [1.29, 1.82) is 0 Å². The number of carbonyl (C=O) groups is 3. The van der Waals surface area contributed by atoms with Crippen LogP contribution in [-0.2, 0) is 24.2 Å². The summed E-state index contributed by atoms with van der Waals surface area (Å²) in [5.41, 5.74) is 8.55. The van der Waals surface area contributed by atoms with Crippen LogP contribution in [0.25, 0.3) is 0 Å². The quantitative estimate of drug-likeness (QED) is 0.477. The average molecular weight is 469 g/mol. The molecule has 172 valence electrons. The van der Waals surface area contributed by atoms with E-state index in [4.69, 9.17) is 19.6 Å². The first-order valence-electron chi connectivity index (χ1n) is 10.6. The van der Waals surface area contributed by atoms with Gasteiger partial charge in [0.15, 0.2) is 5.76 Å². The smallest absolute Gasteiger partial charge is 0.341 e. The number of hydrogen-bond acceptors (Lipinski definition) is 7. The van der Waals surface area contributed by atoms with Gasteiger partial charge in [0.1, 0.15) is 23.1 Å². The Balaban J connectivity index is 1.46. The molecule has 8 nitrogen and oxygen atoms in total. The van der Waals surface area contributed by atoms with Gasteiger partial charge in [0.25, 0.3) is 11.8 Å². The van der Waals surface area contributed by atoms with Gasteiger partial charge in [0.2, 0.25) is 0 Å². The van der Waals surface area contributed by atoms with Gasteiger partial charge in [-0.05, 0) is 74.1 Å². The molecule has 1 aliphatic carbocycles. The minimum atomic E-state index is -0.687. The molecule has 9 heteroatoms. The number of esters is 1. The largest absolute Gasteiger partial charge is 0.486 e. The predicted octanol–water partition coefficient (Wildman–Crippen LogP) is 4.25. The Kier molecular flexibility index (Phi) is 6.50. The molecule has 2 heterocycles. The zero-order valence-electron chi connectivity index (χ0n) is 18.4. The van der Waals surface area contributed by atoms with E-state index in [2.05, 4.69) is 11.4 Å². The Labute approximate surface area is 194 Å². The van der Waals surface area contributed by atoms with Gasteiger partial charge in [-0.1, -0.05) is 6.07 Å². The third kappa shape index (κ3) is 4.78. The number of aryl methyl sites for hydroxylation is 2. The average Bonchev–Trinajstić information content (AvgIpc) is 3.50. The summed E-state index contributed by atoms with van der Waals surface area (Å²) >= 11 is 0.922. The van der Waals surface area contributed by atoms with Gasteiger partial charge >= 0.3 is 5.97 Å². The van der Waals surface area contributed by atoms with Crippen molar-refractivity contribution < 1.29 is 28.3 Å². The van der Waals surface area contributed by atoms with Crippen molar-refractivity contribution in [2.75, 3.05) is 11.9 Å². The van der Waals surface area contributed by atoms with Crippen molar-refractivity contribution in [2.24, 2.45) is 5.73 Å². The van der Waals surface area contributed by atoms with E-state index >= 15 is 0 Å². The summed E-state index contributed by atoms with van der Waals surface area (Å²) in [5, 5.41) is 2.81. The van der Waals surface area contributed by atoms with Crippen molar-refractivity contribution in [3.8, 4) is 5.75 Å². The molecule has 2 aromatic heterocycles. The number of anilines is 1. The van der Waals surface area contributed by atoms with Gasteiger partial charge in [-0.15, -0.1) is 11.3 Å². The molecule has 3 aromatic rings. The van der Waals surface area contributed by atoms with Crippen LogP contribution in [0.1, 0.15) is 66.4 Å². The Bertz CT molecular complexity index is 1230. The van der Waals surface area contributed by atoms with Crippen molar-refractivity contribution >= 4 is 34.1 Å². The molecule has 0 saturated heterocycles. The SMILES string of the molecule is CCOC(=O)c1c(NC(=O)c2ccc(COc3ccc4c(c3)CCC4)o2)sc(C(N)=O)c1C. The molecule has 0 bridgehead atoms. The molecule has 0 atom stereocenters. The Morgan fingerprint density at radius 1 is 1.15 bits per heavy atom. The van der Waals surface area contributed by atoms with Gasteiger partial charge in [0.05, 0.1) is 17.0 Å². The highest BCUT2D eigenvalue weighted by molar-refractivity contribution is 7.18. The summed E-state index contributed by atoms with van der Waals surface area (Å²) in [7, 11) is 0. The van der Waals surface area contributed by atoms with Crippen LogP contribution in [0, 0.1) is 6.92 Å². The van der Waals surface area contributed by atoms with Gasteiger partial charge in [0, 0.05) is 0 Å². The van der Waals surface area contributed by atoms with Crippen LogP contribution in [0.3, 0.4) is 0 Å². The van der Waals surface area contributed by atoms with Crippen LogP contribution in [0.2, 0.25) is 0 Å². The third-order valence-electron chi connectivity index (χ3n) is 5.41. The summed E-state index contributed by atoms with van der Waals surface area (Å²) in [6.45, 7) is 3.57. The molecule has 0 fully saturated rings. The van der Waals surface area contributed by atoms with Gasteiger partial charge in [-0.3, -0.25) is 9.59 Å². The molecule has 4 rings (SSSR count). The van der Waals surface area contributed by atoms with E-state index in [1.54, 1.807) is 19.9 Å². The fourth-order valence-electron chi connectivity index (χ4n) is 3.82. The van der Waals surface area contributed by atoms with Crippen LogP contribution >= 0.6 is 11.3 Å². The number of ether oxygens (including phenoxy) is 2. The van der Waals surface area contributed by atoms with E-state index in [9.17, 15) is 14.4 Å². The first kappa shape index (κ1) is 22.6. The lowest BCUT2D eigenvalue weighted by molar-refractivity contribution is 0.0527. The van der Waals surface area contributed by atoms with Gasteiger partial charge in [-0.25, -0.2) is 4.79 Å². The van der Waals surface area contributed by atoms with Gasteiger partial charge < -0.3 is 24.9 Å². The molecule has 0 radical (unpaired) electrons. The number of benzene rings is 1. The maximum Gasteiger partial charge on any atom is 0.341 e. The molecular weight excluding hydrogens is 444 g/mol. The zero-order valence-corrected chi connectivity index (χ0v) is 19.2. The van der Waals surface area contributed by atoms with Gasteiger partial charge in [-0.2, -0.15) is 0 Å². The van der Waals surface area contributed by atoms with Crippen molar-refractivity contribution in [3.63, 3.8) is 0 Å². The minimum absolute atomic E-state index is 0.0454. The van der Waals surface area contributed by atoms with Crippen LogP contribution in [0.4, 0.5) is 5.00 Å². The molecular formula is C24H24N2O6S. The minimum Gasteiger partial charge on any atom is -0.486 e. The van der Waals surface area contributed by atoms with E-state index in [0.717, 1.165) is 36.3 Å². The number of nitrogens with one attached hydrogen (secondary N) is 1. The third-order valence-corrected chi connectivity index (χ3v) is 6.64. The molecule has 1 aliphatic rings. The Morgan fingerprint density at radius 2 is 1.94 bits per heavy atom. The highest BCUT2D eigenvalue weighted by Crippen LogP contribution is 2.34. The number of carbonyl (C=O) groups excluding carboxylic acids is 3. The van der Waals surface area contributed by atoms with Crippen LogP contribution < -0.4 is 15.8 Å². The molecule has 1 aromatic carbocycles. The maximum absolute atomic E-state index is 12.7. The van der Waals surface area contributed by atoms with Crippen LogP contribution in [0.5, 0.6) is 5.75 Å². The van der Waals surface area contributed by atoms with Crippen LogP contribution in [-0.4, -0.2) is 24.4 Å². The number of nitrogens with two attached hydrogens (primary N) is 1. The first-order valence-corrected chi connectivity index (χ1v) is 11.4. The topological polar surface area (TPSA) is 121 Å². The van der Waals surface area contributed by atoms with Crippen molar-refractivity contribution in [2.45, 2.75) is 39.7 Å². The molecule has 0 aliphatic heterocycles. The standard InChI is InChI=1S/C24H24N2O6S/c1-3-30-24(29)19-13(2)20(21(25)27)33-23(19)26-22(28)18-10-9-17(32-18)12-31-16-8-7-14-5-4-6-15(14)11-16/h7-11H,3-6,12H2,1-2H3,(H2,25,27)(H,26,28).